The van der Waals surface area contributed by atoms with Gasteiger partial charge < -0.3 is 10.5 Å². The van der Waals surface area contributed by atoms with Crippen LogP contribution < -0.4 is 5.73 Å². The molecule has 3 unspecified atom stereocenters. The number of hydrogen-bond donors (Lipinski definition) is 1. The van der Waals surface area contributed by atoms with E-state index in [0.29, 0.717) is 12.1 Å². The molecular formula is C16H26N2O. The summed E-state index contributed by atoms with van der Waals surface area (Å²) < 4.78 is 5.46. The average Bonchev–Trinajstić information content (AvgIpc) is 2.99. The number of nitrogens with zero attached hydrogens (tertiary/aromatic N) is 1. The van der Waals surface area contributed by atoms with Crippen molar-refractivity contribution in [1.29, 1.82) is 0 Å². The molecule has 3 heteroatoms. The molecule has 1 fully saturated rings. The van der Waals surface area contributed by atoms with Crippen LogP contribution in [0.1, 0.15) is 37.4 Å². The first-order valence-electron chi connectivity index (χ1n) is 7.27. The van der Waals surface area contributed by atoms with E-state index in [-0.39, 0.29) is 6.04 Å². The maximum Gasteiger partial charge on any atom is 0.0622 e. The first-order valence-corrected chi connectivity index (χ1v) is 7.27. The predicted octanol–water partition coefficient (Wildman–Crippen LogP) is 2.36. The van der Waals surface area contributed by atoms with Crippen molar-refractivity contribution in [3.8, 4) is 0 Å². The Hall–Kier alpha value is -0.900. The maximum atomic E-state index is 6.42. The summed E-state index contributed by atoms with van der Waals surface area (Å²) in [7, 11) is 2.16. The zero-order chi connectivity index (χ0) is 13.8. The number of aryl methyl sites for hydroxylation is 1. The van der Waals surface area contributed by atoms with E-state index in [2.05, 4.69) is 50.1 Å². The van der Waals surface area contributed by atoms with E-state index in [1.165, 1.54) is 11.1 Å². The molecular weight excluding hydrogens is 236 g/mol. The van der Waals surface area contributed by atoms with Gasteiger partial charge in [0.05, 0.1) is 6.61 Å². The largest absolute Gasteiger partial charge is 0.380 e. The molecule has 0 aliphatic carbocycles. The van der Waals surface area contributed by atoms with Crippen LogP contribution in [-0.4, -0.2) is 37.2 Å². The molecule has 0 spiro atoms. The van der Waals surface area contributed by atoms with Crippen LogP contribution in [0.15, 0.2) is 24.3 Å². The standard InChI is InChI=1S/C16H26N2O/c1-4-13-5-7-14(8-6-13)16(17)12(2)18(3)15-9-10-19-11-15/h5-8,12,15-16H,4,9-11,17H2,1-3H3. The average molecular weight is 262 g/mol. The van der Waals surface area contributed by atoms with Gasteiger partial charge in [-0.15, -0.1) is 0 Å². The minimum Gasteiger partial charge on any atom is -0.380 e. The van der Waals surface area contributed by atoms with Gasteiger partial charge in [-0.3, -0.25) is 4.90 Å². The molecule has 0 amide bonds. The van der Waals surface area contributed by atoms with Crippen molar-refractivity contribution in [3.63, 3.8) is 0 Å². The summed E-state index contributed by atoms with van der Waals surface area (Å²) in [5.41, 5.74) is 9.00. The van der Waals surface area contributed by atoms with Gasteiger partial charge in [-0.25, -0.2) is 0 Å². The van der Waals surface area contributed by atoms with E-state index in [0.717, 1.165) is 26.1 Å². The summed E-state index contributed by atoms with van der Waals surface area (Å²) >= 11 is 0. The van der Waals surface area contributed by atoms with Gasteiger partial charge in [-0.05, 0) is 37.9 Å². The summed E-state index contributed by atoms with van der Waals surface area (Å²) in [4.78, 5) is 2.37. The van der Waals surface area contributed by atoms with E-state index < -0.39 is 0 Å². The van der Waals surface area contributed by atoms with E-state index in [9.17, 15) is 0 Å². The minimum absolute atomic E-state index is 0.0523. The Kier molecular flexibility index (Phi) is 4.97. The van der Waals surface area contributed by atoms with Gasteiger partial charge in [0.25, 0.3) is 0 Å². The molecule has 106 valence electrons. The molecule has 1 aliphatic heterocycles. The Morgan fingerprint density at radius 3 is 2.58 bits per heavy atom. The van der Waals surface area contributed by atoms with Gasteiger partial charge >= 0.3 is 0 Å². The van der Waals surface area contributed by atoms with Gasteiger partial charge in [0, 0.05) is 24.7 Å². The highest BCUT2D eigenvalue weighted by Crippen LogP contribution is 2.22. The number of nitrogens with two attached hydrogens (primary N) is 1. The Morgan fingerprint density at radius 1 is 1.37 bits per heavy atom. The summed E-state index contributed by atoms with van der Waals surface area (Å²) in [6.07, 6.45) is 2.19. The van der Waals surface area contributed by atoms with Crippen LogP contribution in [0, 0.1) is 0 Å². The van der Waals surface area contributed by atoms with E-state index in [1.807, 2.05) is 0 Å². The molecule has 1 heterocycles. The van der Waals surface area contributed by atoms with Crippen LogP contribution in [0.5, 0.6) is 0 Å². The molecule has 1 aliphatic rings. The van der Waals surface area contributed by atoms with Gasteiger partial charge in [0.1, 0.15) is 0 Å². The van der Waals surface area contributed by atoms with Gasteiger partial charge in [0.15, 0.2) is 0 Å². The second-order valence-electron chi connectivity index (χ2n) is 5.54. The maximum absolute atomic E-state index is 6.42. The van der Waals surface area contributed by atoms with E-state index >= 15 is 0 Å². The van der Waals surface area contributed by atoms with Crippen molar-refractivity contribution in [1.82, 2.24) is 4.90 Å². The predicted molar refractivity (Wildman–Crippen MR) is 79.2 cm³/mol. The molecule has 2 N–H and O–H groups in total. The third kappa shape index (κ3) is 3.35. The van der Waals surface area contributed by atoms with Crippen molar-refractivity contribution in [2.75, 3.05) is 20.3 Å². The molecule has 3 nitrogen and oxygen atoms in total. The van der Waals surface area contributed by atoms with Crippen LogP contribution in [-0.2, 0) is 11.2 Å². The lowest BCUT2D eigenvalue weighted by molar-refractivity contribution is 0.127. The number of ether oxygens (including phenoxy) is 1. The van der Waals surface area contributed by atoms with Crippen LogP contribution in [0.3, 0.4) is 0 Å². The van der Waals surface area contributed by atoms with Crippen molar-refractivity contribution in [3.05, 3.63) is 35.4 Å². The fraction of sp³-hybridized carbons (Fsp3) is 0.625. The Bertz CT molecular complexity index is 384. The molecule has 3 atom stereocenters. The number of benzene rings is 1. The molecule has 0 saturated carbocycles. The molecule has 1 aromatic rings. The smallest absolute Gasteiger partial charge is 0.0622 e. The topological polar surface area (TPSA) is 38.5 Å². The lowest BCUT2D eigenvalue weighted by atomic mass is 9.97. The van der Waals surface area contributed by atoms with Crippen molar-refractivity contribution in [2.24, 2.45) is 5.73 Å². The quantitative estimate of drug-likeness (QED) is 0.885. The van der Waals surface area contributed by atoms with Crippen LogP contribution in [0.25, 0.3) is 0 Å². The highest BCUT2D eigenvalue weighted by Gasteiger charge is 2.27. The number of hydrogen-bond acceptors (Lipinski definition) is 3. The molecule has 0 radical (unpaired) electrons. The van der Waals surface area contributed by atoms with Crippen molar-refractivity contribution >= 4 is 0 Å². The van der Waals surface area contributed by atoms with Crippen LogP contribution in [0.4, 0.5) is 0 Å². The third-order valence-corrected chi connectivity index (χ3v) is 4.42. The van der Waals surface area contributed by atoms with Crippen LogP contribution >= 0.6 is 0 Å². The van der Waals surface area contributed by atoms with Crippen LogP contribution in [0.2, 0.25) is 0 Å². The fourth-order valence-corrected chi connectivity index (χ4v) is 2.68. The normalized spacial score (nSPS) is 22.7. The summed E-state index contributed by atoms with van der Waals surface area (Å²) in [6.45, 7) is 6.09. The monoisotopic (exact) mass is 262 g/mol. The van der Waals surface area contributed by atoms with Crippen molar-refractivity contribution in [2.45, 2.75) is 44.8 Å². The highest BCUT2D eigenvalue weighted by atomic mass is 16.5. The minimum atomic E-state index is 0.0523. The molecule has 0 bridgehead atoms. The lowest BCUT2D eigenvalue weighted by Crippen LogP contribution is -2.44. The lowest BCUT2D eigenvalue weighted by Gasteiger charge is -2.33. The number of likely N-dealkylation sites (N-methyl/N-ethyl adjacent to an activating group) is 1. The van der Waals surface area contributed by atoms with Gasteiger partial charge in [0.2, 0.25) is 0 Å². The second-order valence-corrected chi connectivity index (χ2v) is 5.54. The summed E-state index contributed by atoms with van der Waals surface area (Å²) in [5.74, 6) is 0. The molecule has 1 saturated heterocycles. The summed E-state index contributed by atoms with van der Waals surface area (Å²) in [5, 5.41) is 0. The zero-order valence-corrected chi connectivity index (χ0v) is 12.3. The Morgan fingerprint density at radius 2 is 2.05 bits per heavy atom. The summed E-state index contributed by atoms with van der Waals surface area (Å²) in [6, 6.07) is 9.57. The van der Waals surface area contributed by atoms with E-state index in [1.54, 1.807) is 0 Å². The van der Waals surface area contributed by atoms with Crippen molar-refractivity contribution < 1.29 is 4.74 Å². The first-order chi connectivity index (χ1) is 9.13. The zero-order valence-electron chi connectivity index (χ0n) is 12.3. The fourth-order valence-electron chi connectivity index (χ4n) is 2.68. The van der Waals surface area contributed by atoms with Gasteiger partial charge in [-0.1, -0.05) is 31.2 Å². The molecule has 2 rings (SSSR count). The third-order valence-electron chi connectivity index (χ3n) is 4.42. The highest BCUT2D eigenvalue weighted by molar-refractivity contribution is 5.25. The molecule has 1 aromatic carbocycles. The first kappa shape index (κ1) is 14.5. The Labute approximate surface area is 116 Å². The molecule has 19 heavy (non-hydrogen) atoms. The van der Waals surface area contributed by atoms with E-state index in [4.69, 9.17) is 10.5 Å². The molecule has 0 aromatic heterocycles. The SMILES string of the molecule is CCc1ccc(C(N)C(C)N(C)C2CCOC2)cc1. The second kappa shape index (κ2) is 6.51. The Balaban J connectivity index is 2.02. The number of rotatable bonds is 5. The van der Waals surface area contributed by atoms with Gasteiger partial charge in [-0.2, -0.15) is 0 Å².